The third-order valence-corrected chi connectivity index (χ3v) is 7.60. The molecular formula is C20H24Cl2N3O3S+. The fourth-order valence-corrected chi connectivity index (χ4v) is 5.24. The molecule has 6 nitrogen and oxygen atoms in total. The molecule has 1 atom stereocenters. The van der Waals surface area contributed by atoms with Gasteiger partial charge in [0.05, 0.1) is 22.0 Å². The van der Waals surface area contributed by atoms with E-state index in [1.807, 2.05) is 19.2 Å². The number of hydrogen-bond acceptors (Lipinski definition) is 3. The van der Waals surface area contributed by atoms with Crippen LogP contribution in [0.15, 0.2) is 47.4 Å². The van der Waals surface area contributed by atoms with Gasteiger partial charge in [0.2, 0.25) is 10.0 Å². The van der Waals surface area contributed by atoms with Gasteiger partial charge in [-0.25, -0.2) is 8.42 Å². The fourth-order valence-electron chi connectivity index (χ4n) is 3.34. The summed E-state index contributed by atoms with van der Waals surface area (Å²) < 4.78 is 26.6. The van der Waals surface area contributed by atoms with E-state index in [2.05, 4.69) is 5.32 Å². The fraction of sp³-hybridized carbons (Fsp3) is 0.350. The van der Waals surface area contributed by atoms with Crippen LogP contribution in [-0.4, -0.2) is 45.3 Å². The van der Waals surface area contributed by atoms with Gasteiger partial charge in [-0.15, -0.1) is 0 Å². The highest BCUT2D eigenvalue weighted by molar-refractivity contribution is 7.89. The highest BCUT2D eigenvalue weighted by Crippen LogP contribution is 2.25. The Bertz CT molecular complexity index is 975. The lowest BCUT2D eigenvalue weighted by Crippen LogP contribution is -3.08. The molecule has 0 spiro atoms. The van der Waals surface area contributed by atoms with Crippen molar-refractivity contribution in [3.63, 3.8) is 0 Å². The first kappa shape index (κ1) is 22.1. The first-order valence-electron chi connectivity index (χ1n) is 9.41. The van der Waals surface area contributed by atoms with Gasteiger partial charge >= 0.3 is 0 Å². The number of amides is 1. The van der Waals surface area contributed by atoms with Crippen LogP contribution < -0.4 is 10.2 Å². The number of nitrogens with zero attached hydrogens (tertiary/aromatic N) is 1. The second kappa shape index (κ2) is 9.45. The second-order valence-electron chi connectivity index (χ2n) is 7.21. The normalized spacial score (nSPS) is 16.0. The topological polar surface area (TPSA) is 70.9 Å². The Morgan fingerprint density at radius 3 is 2.41 bits per heavy atom. The van der Waals surface area contributed by atoms with Crippen molar-refractivity contribution >= 4 is 44.8 Å². The number of halogens is 2. The number of likely N-dealkylation sites (N-methyl/N-ethyl adjacent to an activating group) is 1. The van der Waals surface area contributed by atoms with Crippen molar-refractivity contribution in [1.82, 2.24) is 4.31 Å². The quantitative estimate of drug-likeness (QED) is 0.671. The smallest absolute Gasteiger partial charge is 0.279 e. The molecule has 0 aromatic heterocycles. The highest BCUT2D eigenvalue weighted by atomic mass is 35.5. The van der Waals surface area contributed by atoms with Crippen LogP contribution in [0.4, 0.5) is 5.69 Å². The summed E-state index contributed by atoms with van der Waals surface area (Å²) in [5, 5.41) is 3.80. The lowest BCUT2D eigenvalue weighted by Gasteiger charge is -2.16. The van der Waals surface area contributed by atoms with E-state index in [1.165, 1.54) is 16.4 Å². The number of sulfonamides is 1. The number of benzene rings is 2. The average molecular weight is 457 g/mol. The van der Waals surface area contributed by atoms with E-state index < -0.39 is 10.0 Å². The average Bonchev–Trinajstić information content (AvgIpc) is 3.21. The van der Waals surface area contributed by atoms with E-state index >= 15 is 0 Å². The summed E-state index contributed by atoms with van der Waals surface area (Å²) in [5.74, 6) is -0.171. The van der Waals surface area contributed by atoms with Crippen LogP contribution in [0.1, 0.15) is 18.4 Å². The van der Waals surface area contributed by atoms with Crippen molar-refractivity contribution in [1.29, 1.82) is 0 Å². The summed E-state index contributed by atoms with van der Waals surface area (Å²) in [5.41, 5.74) is 1.44. The van der Waals surface area contributed by atoms with Gasteiger partial charge in [-0.2, -0.15) is 4.31 Å². The van der Waals surface area contributed by atoms with Crippen molar-refractivity contribution in [2.24, 2.45) is 0 Å². The van der Waals surface area contributed by atoms with Gasteiger partial charge in [-0.3, -0.25) is 4.79 Å². The van der Waals surface area contributed by atoms with Gasteiger partial charge in [0.15, 0.2) is 6.54 Å². The molecule has 1 amide bonds. The maximum absolute atomic E-state index is 12.6. The first-order chi connectivity index (χ1) is 13.8. The molecule has 0 aliphatic carbocycles. The maximum Gasteiger partial charge on any atom is 0.279 e. The number of anilines is 1. The van der Waals surface area contributed by atoms with Crippen LogP contribution in [0, 0.1) is 0 Å². The molecule has 1 heterocycles. The van der Waals surface area contributed by atoms with Crippen LogP contribution in [-0.2, 0) is 21.4 Å². The van der Waals surface area contributed by atoms with Gasteiger partial charge in [-0.05, 0) is 43.2 Å². The zero-order valence-corrected chi connectivity index (χ0v) is 18.4. The minimum atomic E-state index is -3.45. The molecule has 1 fully saturated rings. The molecule has 1 aliphatic rings. The summed E-state index contributed by atoms with van der Waals surface area (Å²) in [6.45, 7) is 1.91. The molecule has 1 unspecified atom stereocenters. The number of hydrogen-bond donors (Lipinski definition) is 2. The third kappa shape index (κ3) is 5.49. The number of carbonyl (C=O) groups is 1. The first-order valence-corrected chi connectivity index (χ1v) is 11.6. The summed E-state index contributed by atoms with van der Waals surface area (Å²) in [4.78, 5) is 13.5. The van der Waals surface area contributed by atoms with Crippen LogP contribution in [0.5, 0.6) is 0 Å². The zero-order valence-electron chi connectivity index (χ0n) is 16.1. The van der Waals surface area contributed by atoms with Crippen LogP contribution in [0.25, 0.3) is 0 Å². The number of quaternary nitrogens is 1. The number of carbonyl (C=O) groups excluding carboxylic acids is 1. The summed E-state index contributed by atoms with van der Waals surface area (Å²) >= 11 is 12.2. The number of nitrogens with one attached hydrogen (secondary N) is 2. The third-order valence-electron chi connectivity index (χ3n) is 4.83. The minimum Gasteiger partial charge on any atom is -0.326 e. The van der Waals surface area contributed by atoms with E-state index in [9.17, 15) is 13.2 Å². The molecule has 29 heavy (non-hydrogen) atoms. The number of rotatable bonds is 7. The molecule has 156 valence electrons. The summed E-state index contributed by atoms with van der Waals surface area (Å²) in [6, 6.07) is 11.7. The predicted molar refractivity (Wildman–Crippen MR) is 115 cm³/mol. The Balaban J connectivity index is 1.57. The molecule has 1 aliphatic heterocycles. The predicted octanol–water partition coefficient (Wildman–Crippen LogP) is 2.43. The molecule has 0 bridgehead atoms. The van der Waals surface area contributed by atoms with E-state index in [1.54, 1.807) is 18.2 Å². The van der Waals surface area contributed by atoms with Crippen molar-refractivity contribution in [3.8, 4) is 0 Å². The monoisotopic (exact) mass is 456 g/mol. The molecule has 0 radical (unpaired) electrons. The molecule has 1 saturated heterocycles. The van der Waals surface area contributed by atoms with E-state index in [-0.39, 0.29) is 17.3 Å². The Hall–Kier alpha value is -1.64. The van der Waals surface area contributed by atoms with Crippen LogP contribution >= 0.6 is 23.2 Å². The van der Waals surface area contributed by atoms with Crippen LogP contribution in [0.2, 0.25) is 10.0 Å². The highest BCUT2D eigenvalue weighted by Gasteiger charge is 2.27. The van der Waals surface area contributed by atoms with Crippen molar-refractivity contribution in [2.75, 3.05) is 32.0 Å². The Morgan fingerprint density at radius 1 is 1.10 bits per heavy atom. The molecule has 2 N–H and O–H groups in total. The minimum absolute atomic E-state index is 0.171. The molecule has 2 aromatic carbocycles. The molecular weight excluding hydrogens is 433 g/mol. The van der Waals surface area contributed by atoms with Crippen molar-refractivity contribution < 1.29 is 18.1 Å². The van der Waals surface area contributed by atoms with Crippen molar-refractivity contribution in [2.45, 2.75) is 24.3 Å². The second-order valence-corrected chi connectivity index (χ2v) is 9.93. The van der Waals surface area contributed by atoms with E-state index in [0.29, 0.717) is 35.4 Å². The largest absolute Gasteiger partial charge is 0.326 e. The van der Waals surface area contributed by atoms with Gasteiger partial charge in [-0.1, -0.05) is 35.3 Å². The summed E-state index contributed by atoms with van der Waals surface area (Å²) in [7, 11) is -1.56. The Labute approximate surface area is 181 Å². The van der Waals surface area contributed by atoms with Crippen molar-refractivity contribution in [3.05, 3.63) is 58.1 Å². The standard InChI is InChI=1S/C20H23Cl2N3O3S/c1-24(13-15-5-4-6-18(21)20(15)22)14-19(26)23-16-7-9-17(10-8-16)29(27,28)25-11-2-3-12-25/h4-10H,2-3,11-14H2,1H3,(H,23,26)/p+1. The Kier molecular flexibility index (Phi) is 7.19. The lowest BCUT2D eigenvalue weighted by atomic mass is 10.2. The van der Waals surface area contributed by atoms with E-state index in [4.69, 9.17) is 23.2 Å². The van der Waals surface area contributed by atoms with Gasteiger partial charge in [0.25, 0.3) is 5.91 Å². The van der Waals surface area contributed by atoms with Gasteiger partial charge in [0.1, 0.15) is 6.54 Å². The molecule has 3 rings (SSSR count). The maximum atomic E-state index is 12.6. The Morgan fingerprint density at radius 2 is 1.76 bits per heavy atom. The lowest BCUT2D eigenvalue weighted by molar-refractivity contribution is -0.885. The SMILES string of the molecule is C[NH+](CC(=O)Nc1ccc(S(=O)(=O)N2CCCC2)cc1)Cc1cccc(Cl)c1Cl. The molecule has 0 saturated carbocycles. The molecule has 2 aromatic rings. The van der Waals surface area contributed by atoms with Crippen LogP contribution in [0.3, 0.4) is 0 Å². The van der Waals surface area contributed by atoms with E-state index in [0.717, 1.165) is 23.3 Å². The summed E-state index contributed by atoms with van der Waals surface area (Å²) in [6.07, 6.45) is 1.78. The zero-order chi connectivity index (χ0) is 21.0. The van der Waals surface area contributed by atoms with Gasteiger partial charge in [0, 0.05) is 24.3 Å². The molecule has 9 heteroatoms. The van der Waals surface area contributed by atoms with Gasteiger partial charge < -0.3 is 10.2 Å².